The molecule has 2 heteroatoms. The summed E-state index contributed by atoms with van der Waals surface area (Å²) in [6, 6.07) is 14.3. The Morgan fingerprint density at radius 2 is 1.57 bits per heavy atom. The zero-order valence-corrected chi connectivity index (χ0v) is 14.7. The van der Waals surface area contributed by atoms with Gasteiger partial charge in [-0.05, 0) is 49.1 Å². The second-order valence-corrected chi connectivity index (χ2v) is 8.36. The zero-order valence-electron chi connectivity index (χ0n) is 12.6. The third-order valence-corrected chi connectivity index (χ3v) is 4.11. The van der Waals surface area contributed by atoms with E-state index in [1.165, 1.54) is 11.1 Å². The molecule has 0 heterocycles. The lowest BCUT2D eigenvalue weighted by atomic mass is 10.0. The first-order valence-corrected chi connectivity index (χ1v) is 8.01. The number of carbonyl (C=O) groups excluding carboxylic acids is 1. The SMILES string of the molecule is Cc1ccc(C=O)cc1/C=C/c1ccc(C(C)(C)I)cc1. The fourth-order valence-electron chi connectivity index (χ4n) is 2.09. The third-order valence-electron chi connectivity index (χ3n) is 3.49. The highest BCUT2D eigenvalue weighted by molar-refractivity contribution is 14.1. The minimum atomic E-state index is 0.148. The van der Waals surface area contributed by atoms with Crippen LogP contribution in [0, 0.1) is 6.92 Å². The van der Waals surface area contributed by atoms with Gasteiger partial charge in [-0.2, -0.15) is 0 Å². The molecule has 0 N–H and O–H groups in total. The Hall–Kier alpha value is -1.42. The van der Waals surface area contributed by atoms with Gasteiger partial charge in [0, 0.05) is 8.99 Å². The molecule has 2 aromatic carbocycles. The molecule has 2 aromatic rings. The van der Waals surface area contributed by atoms with Gasteiger partial charge in [-0.25, -0.2) is 0 Å². The maximum atomic E-state index is 10.9. The second-order valence-electron chi connectivity index (χ2n) is 5.66. The van der Waals surface area contributed by atoms with Gasteiger partial charge in [-0.3, -0.25) is 4.79 Å². The largest absolute Gasteiger partial charge is 0.298 e. The summed E-state index contributed by atoms with van der Waals surface area (Å²) in [4.78, 5) is 10.9. The Bertz CT molecular complexity index is 661. The summed E-state index contributed by atoms with van der Waals surface area (Å²) in [7, 11) is 0. The van der Waals surface area contributed by atoms with Crippen LogP contribution in [0.4, 0.5) is 0 Å². The summed E-state index contributed by atoms with van der Waals surface area (Å²) in [6.45, 7) is 6.45. The van der Waals surface area contributed by atoms with Gasteiger partial charge in [0.1, 0.15) is 6.29 Å². The van der Waals surface area contributed by atoms with Gasteiger partial charge in [-0.1, -0.05) is 71.1 Å². The predicted molar refractivity (Wildman–Crippen MR) is 99.0 cm³/mol. The Labute approximate surface area is 140 Å². The Morgan fingerprint density at radius 3 is 2.14 bits per heavy atom. The number of rotatable bonds is 4. The average Bonchev–Trinajstić information content (AvgIpc) is 2.46. The molecule has 108 valence electrons. The molecule has 1 nitrogen and oxygen atoms in total. The molecule has 0 amide bonds. The lowest BCUT2D eigenvalue weighted by Crippen LogP contribution is -2.05. The molecule has 0 bridgehead atoms. The van der Waals surface area contributed by atoms with Crippen molar-refractivity contribution < 1.29 is 4.79 Å². The molecule has 0 aliphatic heterocycles. The number of halogens is 1. The standard InChI is InChI=1S/C19H19IO/c1-14-4-5-16(13-21)12-17(14)9-6-15-7-10-18(11-8-15)19(2,3)20/h4-13H,1-3H3/b9-6+. The first-order chi connectivity index (χ1) is 9.90. The van der Waals surface area contributed by atoms with Gasteiger partial charge in [-0.15, -0.1) is 0 Å². The van der Waals surface area contributed by atoms with Crippen LogP contribution in [0.3, 0.4) is 0 Å². The van der Waals surface area contributed by atoms with Crippen molar-refractivity contribution in [3.63, 3.8) is 0 Å². The van der Waals surface area contributed by atoms with Crippen LogP contribution in [0.1, 0.15) is 46.5 Å². The number of hydrogen-bond acceptors (Lipinski definition) is 1. The fraction of sp³-hybridized carbons (Fsp3) is 0.211. The predicted octanol–water partition coefficient (Wildman–Crippen LogP) is 5.65. The van der Waals surface area contributed by atoms with Gasteiger partial charge < -0.3 is 0 Å². The molecule has 0 saturated heterocycles. The normalized spacial score (nSPS) is 11.8. The lowest BCUT2D eigenvalue weighted by molar-refractivity contribution is 0.112. The number of aryl methyl sites for hydroxylation is 1. The zero-order chi connectivity index (χ0) is 15.5. The number of aldehydes is 1. The van der Waals surface area contributed by atoms with E-state index in [9.17, 15) is 4.79 Å². The van der Waals surface area contributed by atoms with Crippen molar-refractivity contribution in [3.05, 3.63) is 70.3 Å². The smallest absolute Gasteiger partial charge is 0.150 e. The van der Waals surface area contributed by atoms with E-state index in [1.54, 1.807) is 0 Å². The number of alkyl halides is 1. The van der Waals surface area contributed by atoms with Crippen molar-refractivity contribution in [2.75, 3.05) is 0 Å². The molecule has 0 unspecified atom stereocenters. The van der Waals surface area contributed by atoms with Crippen molar-refractivity contribution in [1.29, 1.82) is 0 Å². The summed E-state index contributed by atoms with van der Waals surface area (Å²) < 4.78 is 0.148. The minimum Gasteiger partial charge on any atom is -0.298 e. The van der Waals surface area contributed by atoms with Crippen LogP contribution in [-0.2, 0) is 3.42 Å². The monoisotopic (exact) mass is 390 g/mol. The lowest BCUT2D eigenvalue weighted by Gasteiger charge is -2.16. The maximum absolute atomic E-state index is 10.9. The Balaban J connectivity index is 2.23. The van der Waals surface area contributed by atoms with Gasteiger partial charge >= 0.3 is 0 Å². The van der Waals surface area contributed by atoms with Crippen molar-refractivity contribution in [3.8, 4) is 0 Å². The van der Waals surface area contributed by atoms with E-state index < -0.39 is 0 Å². The van der Waals surface area contributed by atoms with Crippen molar-refractivity contribution in [1.82, 2.24) is 0 Å². The minimum absolute atomic E-state index is 0.148. The molecule has 0 spiro atoms. The molecule has 0 aromatic heterocycles. The van der Waals surface area contributed by atoms with Gasteiger partial charge in [0.25, 0.3) is 0 Å². The number of benzene rings is 2. The Kier molecular flexibility index (Phi) is 4.99. The van der Waals surface area contributed by atoms with E-state index in [0.29, 0.717) is 5.56 Å². The number of hydrogen-bond donors (Lipinski definition) is 0. The molecule has 0 fully saturated rings. The topological polar surface area (TPSA) is 17.1 Å². The highest BCUT2D eigenvalue weighted by Gasteiger charge is 2.14. The molecule has 0 saturated carbocycles. The van der Waals surface area contributed by atoms with Gasteiger partial charge in [0.15, 0.2) is 0 Å². The van der Waals surface area contributed by atoms with Gasteiger partial charge in [0.2, 0.25) is 0 Å². The van der Waals surface area contributed by atoms with Crippen LogP contribution in [0.2, 0.25) is 0 Å². The number of carbonyl (C=O) groups is 1. The average molecular weight is 390 g/mol. The highest BCUT2D eigenvalue weighted by atomic mass is 127. The summed E-state index contributed by atoms with van der Waals surface area (Å²) >= 11 is 2.45. The summed E-state index contributed by atoms with van der Waals surface area (Å²) in [5.41, 5.74) is 5.44. The summed E-state index contributed by atoms with van der Waals surface area (Å²) in [5.74, 6) is 0. The van der Waals surface area contributed by atoms with Crippen LogP contribution in [0.15, 0.2) is 42.5 Å². The molecule has 0 radical (unpaired) electrons. The highest BCUT2D eigenvalue weighted by Crippen LogP contribution is 2.30. The first-order valence-electron chi connectivity index (χ1n) is 6.93. The summed E-state index contributed by atoms with van der Waals surface area (Å²) in [6.07, 6.45) is 5.03. The molecular formula is C19H19IO. The van der Waals surface area contributed by atoms with E-state index in [4.69, 9.17) is 0 Å². The van der Waals surface area contributed by atoms with Crippen LogP contribution < -0.4 is 0 Å². The Morgan fingerprint density at radius 1 is 0.952 bits per heavy atom. The van der Waals surface area contributed by atoms with Crippen LogP contribution in [0.5, 0.6) is 0 Å². The first kappa shape index (κ1) is 16.0. The van der Waals surface area contributed by atoms with Crippen LogP contribution >= 0.6 is 22.6 Å². The second kappa shape index (κ2) is 6.56. The van der Waals surface area contributed by atoms with Gasteiger partial charge in [0.05, 0.1) is 0 Å². The van der Waals surface area contributed by atoms with E-state index in [-0.39, 0.29) is 3.42 Å². The molecule has 21 heavy (non-hydrogen) atoms. The van der Waals surface area contributed by atoms with Crippen molar-refractivity contribution in [2.24, 2.45) is 0 Å². The molecule has 2 rings (SSSR count). The van der Waals surface area contributed by atoms with Crippen LogP contribution in [0.25, 0.3) is 12.2 Å². The summed E-state index contributed by atoms with van der Waals surface area (Å²) in [5, 5.41) is 0. The maximum Gasteiger partial charge on any atom is 0.150 e. The quantitative estimate of drug-likeness (QED) is 0.286. The molecular weight excluding hydrogens is 371 g/mol. The van der Waals surface area contributed by atoms with E-state index in [0.717, 1.165) is 17.4 Å². The fourth-order valence-corrected chi connectivity index (χ4v) is 2.45. The van der Waals surface area contributed by atoms with E-state index in [2.05, 4.69) is 79.8 Å². The van der Waals surface area contributed by atoms with E-state index in [1.807, 2.05) is 18.2 Å². The van der Waals surface area contributed by atoms with E-state index >= 15 is 0 Å². The molecule has 0 aliphatic rings. The molecule has 0 atom stereocenters. The third kappa shape index (κ3) is 4.27. The van der Waals surface area contributed by atoms with Crippen LogP contribution in [-0.4, -0.2) is 6.29 Å². The van der Waals surface area contributed by atoms with Crippen molar-refractivity contribution in [2.45, 2.75) is 24.2 Å². The molecule has 0 aliphatic carbocycles. The van der Waals surface area contributed by atoms with Crippen molar-refractivity contribution >= 4 is 41.0 Å².